The first kappa shape index (κ1) is 37.0. The van der Waals surface area contributed by atoms with Crippen LogP contribution in [0.3, 0.4) is 0 Å². The van der Waals surface area contributed by atoms with Gasteiger partial charge in [-0.1, -0.05) is 48.8 Å². The van der Waals surface area contributed by atoms with Gasteiger partial charge in [-0.15, -0.1) is 0 Å². The van der Waals surface area contributed by atoms with Crippen LogP contribution in [0.2, 0.25) is 0 Å². The molecule has 4 amide bonds. The standard InChI is InChI=1S/C37H44N4O8/c1-29-10-14-36(44)40(29)19-16-35(43)39-18-21-47-23-25-49-27-26-48-24-22-46-20-17-38-34(42)13-15-37(45)41-28-32-8-3-2-6-30(32)11-12-31-7-4-5-9-33(31)41/h2-10,14H,1,13,15-28H2,(H,38,42)(H,39,43). The van der Waals surface area contributed by atoms with E-state index in [4.69, 9.17) is 18.9 Å². The van der Waals surface area contributed by atoms with Crippen LogP contribution in [-0.4, -0.2) is 101 Å². The largest absolute Gasteiger partial charge is 0.377 e. The van der Waals surface area contributed by atoms with Crippen LogP contribution in [0.25, 0.3) is 0 Å². The second-order valence-corrected chi connectivity index (χ2v) is 11.1. The Hall–Kier alpha value is -4.80. The first-order chi connectivity index (χ1) is 23.9. The zero-order valence-corrected chi connectivity index (χ0v) is 27.7. The molecule has 260 valence electrons. The maximum absolute atomic E-state index is 13.3. The van der Waals surface area contributed by atoms with Crippen LogP contribution in [0.5, 0.6) is 0 Å². The summed E-state index contributed by atoms with van der Waals surface area (Å²) >= 11 is 0. The summed E-state index contributed by atoms with van der Waals surface area (Å²) in [6.07, 6.45) is 3.42. The minimum absolute atomic E-state index is 0.0772. The van der Waals surface area contributed by atoms with Crippen LogP contribution >= 0.6 is 0 Å². The molecule has 0 spiro atoms. The van der Waals surface area contributed by atoms with Gasteiger partial charge in [-0.3, -0.25) is 19.2 Å². The quantitative estimate of drug-likeness (QED) is 0.153. The highest BCUT2D eigenvalue weighted by molar-refractivity contribution is 5.97. The van der Waals surface area contributed by atoms with Crippen LogP contribution in [0, 0.1) is 11.8 Å². The van der Waals surface area contributed by atoms with Crippen molar-refractivity contribution < 1.29 is 38.1 Å². The third-order valence-corrected chi connectivity index (χ3v) is 7.59. The molecule has 2 aliphatic rings. The highest BCUT2D eigenvalue weighted by Gasteiger charge is 2.22. The van der Waals surface area contributed by atoms with Crippen LogP contribution in [-0.2, 0) is 44.7 Å². The summed E-state index contributed by atoms with van der Waals surface area (Å²) in [6, 6.07) is 15.3. The normalized spacial score (nSPS) is 13.2. The van der Waals surface area contributed by atoms with Crippen LogP contribution in [0.15, 0.2) is 73.0 Å². The fourth-order valence-corrected chi connectivity index (χ4v) is 4.98. The van der Waals surface area contributed by atoms with Crippen molar-refractivity contribution in [3.8, 4) is 11.8 Å². The van der Waals surface area contributed by atoms with Crippen molar-refractivity contribution in [2.45, 2.75) is 25.8 Å². The molecular formula is C37H44N4O8. The molecule has 12 heteroatoms. The Morgan fingerprint density at radius 1 is 0.694 bits per heavy atom. The van der Waals surface area contributed by atoms with Gasteiger partial charge in [0.1, 0.15) is 0 Å². The highest BCUT2D eigenvalue weighted by Crippen LogP contribution is 2.26. The predicted octanol–water partition coefficient (Wildman–Crippen LogP) is 2.31. The molecule has 0 saturated heterocycles. The first-order valence-electron chi connectivity index (χ1n) is 16.4. The van der Waals surface area contributed by atoms with E-state index in [0.29, 0.717) is 84.7 Å². The van der Waals surface area contributed by atoms with E-state index < -0.39 is 0 Å². The number of benzene rings is 2. The fourth-order valence-electron chi connectivity index (χ4n) is 4.98. The Bertz CT molecular complexity index is 1530. The van der Waals surface area contributed by atoms with Crippen molar-refractivity contribution in [3.63, 3.8) is 0 Å². The molecule has 0 fully saturated rings. The number of nitrogens with zero attached hydrogens (tertiary/aromatic N) is 2. The van der Waals surface area contributed by atoms with Gasteiger partial charge in [-0.05, 0) is 29.8 Å². The average Bonchev–Trinajstić information content (AvgIpc) is 3.42. The molecule has 49 heavy (non-hydrogen) atoms. The number of rotatable bonds is 21. The zero-order valence-electron chi connectivity index (χ0n) is 27.7. The minimum Gasteiger partial charge on any atom is -0.377 e. The molecule has 0 radical (unpaired) electrons. The Morgan fingerprint density at radius 3 is 1.88 bits per heavy atom. The van der Waals surface area contributed by atoms with Gasteiger partial charge in [0.25, 0.3) is 5.91 Å². The first-order valence-corrected chi connectivity index (χ1v) is 16.4. The Kier molecular flexibility index (Phi) is 15.5. The smallest absolute Gasteiger partial charge is 0.251 e. The number of para-hydroxylation sites is 1. The Labute approximate surface area is 287 Å². The van der Waals surface area contributed by atoms with Crippen LogP contribution in [0.4, 0.5) is 5.69 Å². The SMILES string of the molecule is C=C1C=CC(=O)N1CCC(=O)NCCOCCOCCOCCOCCNC(=O)CCC(=O)N1Cc2ccccc2C#Cc2ccccc21. The van der Waals surface area contributed by atoms with Crippen LogP contribution < -0.4 is 15.5 Å². The molecule has 0 aliphatic carbocycles. The topological polar surface area (TPSA) is 136 Å². The maximum atomic E-state index is 13.3. The molecule has 0 saturated carbocycles. The van der Waals surface area contributed by atoms with Crippen molar-refractivity contribution >= 4 is 29.3 Å². The molecule has 2 N–H and O–H groups in total. The number of hydrogen-bond donors (Lipinski definition) is 2. The van der Waals surface area contributed by atoms with E-state index in [1.54, 1.807) is 11.0 Å². The monoisotopic (exact) mass is 672 g/mol. The molecule has 12 nitrogen and oxygen atoms in total. The number of amides is 4. The Balaban J connectivity index is 0.944. The molecule has 4 rings (SSSR count). The molecule has 0 bridgehead atoms. The van der Waals surface area contributed by atoms with E-state index in [-0.39, 0.29) is 42.9 Å². The van der Waals surface area contributed by atoms with E-state index in [0.717, 1.165) is 22.4 Å². The molecule has 0 aromatic heterocycles. The van der Waals surface area contributed by atoms with Crippen molar-refractivity contribution in [3.05, 3.63) is 89.6 Å². The number of allylic oxidation sites excluding steroid dienone is 1. The lowest BCUT2D eigenvalue weighted by Crippen LogP contribution is -2.34. The van der Waals surface area contributed by atoms with Gasteiger partial charge in [0.15, 0.2) is 0 Å². The van der Waals surface area contributed by atoms with Crippen molar-refractivity contribution in [2.75, 3.05) is 77.4 Å². The van der Waals surface area contributed by atoms with Gasteiger partial charge in [0.05, 0.1) is 65.1 Å². The molecule has 0 atom stereocenters. The van der Waals surface area contributed by atoms with Gasteiger partial charge >= 0.3 is 0 Å². The lowest BCUT2D eigenvalue weighted by atomic mass is 10.0. The van der Waals surface area contributed by atoms with E-state index in [2.05, 4.69) is 29.1 Å². The summed E-state index contributed by atoms with van der Waals surface area (Å²) in [4.78, 5) is 52.4. The summed E-state index contributed by atoms with van der Waals surface area (Å²) in [7, 11) is 0. The number of fused-ring (bicyclic) bond motifs is 2. The second kappa shape index (κ2) is 20.5. The Morgan fingerprint density at radius 2 is 1.24 bits per heavy atom. The van der Waals surface area contributed by atoms with E-state index >= 15 is 0 Å². The molecule has 2 aromatic rings. The lowest BCUT2D eigenvalue weighted by molar-refractivity contribution is -0.125. The summed E-state index contributed by atoms with van der Waals surface area (Å²) in [5.41, 5.74) is 3.97. The fraction of sp³-hybridized carbons (Fsp3) is 0.405. The van der Waals surface area contributed by atoms with Gasteiger partial charge in [0, 0.05) is 61.8 Å². The van der Waals surface area contributed by atoms with Gasteiger partial charge in [0.2, 0.25) is 17.7 Å². The summed E-state index contributed by atoms with van der Waals surface area (Å²) in [6.45, 7) is 8.23. The van der Waals surface area contributed by atoms with E-state index in [1.165, 1.54) is 11.0 Å². The third kappa shape index (κ3) is 12.6. The minimum atomic E-state index is -0.212. The molecule has 2 heterocycles. The highest BCUT2D eigenvalue weighted by atomic mass is 16.6. The lowest BCUT2D eigenvalue weighted by Gasteiger charge is -2.26. The third-order valence-electron chi connectivity index (χ3n) is 7.59. The van der Waals surface area contributed by atoms with Gasteiger partial charge < -0.3 is 39.4 Å². The number of anilines is 1. The van der Waals surface area contributed by atoms with E-state index in [9.17, 15) is 19.2 Å². The van der Waals surface area contributed by atoms with Gasteiger partial charge in [-0.2, -0.15) is 0 Å². The average molecular weight is 673 g/mol. The number of carbonyl (C=O) groups excluding carboxylic acids is 4. The summed E-state index contributed by atoms with van der Waals surface area (Å²) < 4.78 is 21.9. The molecular weight excluding hydrogens is 628 g/mol. The second-order valence-electron chi connectivity index (χ2n) is 11.1. The predicted molar refractivity (Wildman–Crippen MR) is 183 cm³/mol. The zero-order chi connectivity index (χ0) is 34.7. The molecule has 2 aromatic carbocycles. The summed E-state index contributed by atoms with van der Waals surface area (Å²) in [5.74, 6) is 5.72. The number of hydrogen-bond acceptors (Lipinski definition) is 8. The van der Waals surface area contributed by atoms with E-state index in [1.807, 2.05) is 48.5 Å². The molecule has 0 unspecified atom stereocenters. The van der Waals surface area contributed by atoms with Crippen molar-refractivity contribution in [2.24, 2.45) is 0 Å². The summed E-state index contributed by atoms with van der Waals surface area (Å²) in [5, 5.41) is 5.55. The van der Waals surface area contributed by atoms with Crippen molar-refractivity contribution in [1.82, 2.24) is 15.5 Å². The number of ether oxygens (including phenoxy) is 4. The maximum Gasteiger partial charge on any atom is 0.251 e. The van der Waals surface area contributed by atoms with Crippen LogP contribution in [0.1, 0.15) is 36.0 Å². The number of nitrogens with one attached hydrogen (secondary N) is 2. The van der Waals surface area contributed by atoms with Crippen molar-refractivity contribution in [1.29, 1.82) is 0 Å². The van der Waals surface area contributed by atoms with Gasteiger partial charge in [-0.25, -0.2) is 0 Å². The molecule has 2 aliphatic heterocycles. The number of carbonyl (C=O) groups is 4.